The number of benzene rings is 1. The fraction of sp³-hybridized carbons (Fsp3) is 0.533. The van der Waals surface area contributed by atoms with Crippen LogP contribution in [0.3, 0.4) is 0 Å². The zero-order valence-electron chi connectivity index (χ0n) is 11.7. The monoisotopic (exact) mass is 323 g/mol. The average molecular weight is 324 g/mol. The molecule has 0 spiro atoms. The fourth-order valence-electron chi connectivity index (χ4n) is 2.77. The number of anilines is 1. The van der Waals surface area contributed by atoms with Crippen molar-refractivity contribution in [1.82, 2.24) is 0 Å². The van der Waals surface area contributed by atoms with Crippen molar-refractivity contribution in [2.45, 2.75) is 45.1 Å². The van der Waals surface area contributed by atoms with E-state index in [2.05, 4.69) is 51.8 Å². The third kappa shape index (κ3) is 2.64. The van der Waals surface area contributed by atoms with Gasteiger partial charge in [0.05, 0.1) is 17.8 Å². The highest BCUT2D eigenvalue weighted by Gasteiger charge is 2.41. The Morgan fingerprint density at radius 3 is 2.74 bits per heavy atom. The molecule has 0 radical (unpaired) electrons. The third-order valence-corrected chi connectivity index (χ3v) is 4.66. The van der Waals surface area contributed by atoms with Gasteiger partial charge in [0.15, 0.2) is 5.96 Å². The van der Waals surface area contributed by atoms with Crippen molar-refractivity contribution in [3.8, 4) is 0 Å². The summed E-state index contributed by atoms with van der Waals surface area (Å²) in [7, 11) is 0. The van der Waals surface area contributed by atoms with E-state index in [0.29, 0.717) is 5.96 Å². The molecule has 0 bridgehead atoms. The van der Waals surface area contributed by atoms with E-state index < -0.39 is 0 Å². The highest BCUT2D eigenvalue weighted by molar-refractivity contribution is 9.10. The van der Waals surface area contributed by atoms with Crippen LogP contribution in [0.2, 0.25) is 0 Å². The molecule has 0 amide bonds. The Hall–Kier alpha value is -1.03. The summed E-state index contributed by atoms with van der Waals surface area (Å²) in [5.41, 5.74) is 7.33. The number of rotatable bonds is 5. The van der Waals surface area contributed by atoms with Crippen LogP contribution in [0.15, 0.2) is 33.7 Å². The summed E-state index contributed by atoms with van der Waals surface area (Å²) >= 11 is 3.63. The van der Waals surface area contributed by atoms with Crippen molar-refractivity contribution < 1.29 is 0 Å². The molecular weight excluding hydrogens is 302 g/mol. The highest BCUT2D eigenvalue weighted by Crippen LogP contribution is 2.38. The van der Waals surface area contributed by atoms with Gasteiger partial charge in [0.25, 0.3) is 0 Å². The predicted molar refractivity (Wildman–Crippen MR) is 85.7 cm³/mol. The molecule has 1 aromatic rings. The molecule has 4 heteroatoms. The number of guanidine groups is 1. The second-order valence-electron chi connectivity index (χ2n) is 5.14. The molecular formula is C15H22BrN3. The van der Waals surface area contributed by atoms with Gasteiger partial charge in [0.2, 0.25) is 0 Å². The first-order valence-corrected chi connectivity index (χ1v) is 7.78. The number of hydrogen-bond donors (Lipinski definition) is 1. The van der Waals surface area contributed by atoms with Gasteiger partial charge in [-0.15, -0.1) is 0 Å². The summed E-state index contributed by atoms with van der Waals surface area (Å²) in [6, 6.07) is 8.23. The molecule has 2 rings (SSSR count). The van der Waals surface area contributed by atoms with Gasteiger partial charge in [-0.3, -0.25) is 4.99 Å². The number of para-hydroxylation sites is 1. The zero-order chi connectivity index (χ0) is 13.9. The van der Waals surface area contributed by atoms with Crippen molar-refractivity contribution in [2.24, 2.45) is 10.7 Å². The highest BCUT2D eigenvalue weighted by atomic mass is 79.9. The molecule has 0 fully saturated rings. The van der Waals surface area contributed by atoms with E-state index in [1.165, 1.54) is 12.8 Å². The number of aliphatic imine (C=N–C) groups is 1. The summed E-state index contributed by atoms with van der Waals surface area (Å²) in [6.07, 6.45) is 4.59. The van der Waals surface area contributed by atoms with E-state index in [-0.39, 0.29) is 5.54 Å². The van der Waals surface area contributed by atoms with Gasteiger partial charge in [-0.1, -0.05) is 38.8 Å². The molecule has 1 aliphatic rings. The fourth-order valence-corrected chi connectivity index (χ4v) is 3.23. The van der Waals surface area contributed by atoms with Crippen LogP contribution < -0.4 is 10.6 Å². The maximum absolute atomic E-state index is 6.16. The van der Waals surface area contributed by atoms with E-state index in [0.717, 1.165) is 29.5 Å². The topological polar surface area (TPSA) is 41.6 Å². The molecule has 104 valence electrons. The summed E-state index contributed by atoms with van der Waals surface area (Å²) < 4.78 is 1.07. The van der Waals surface area contributed by atoms with Crippen LogP contribution >= 0.6 is 15.9 Å². The Balaban J connectivity index is 2.38. The van der Waals surface area contributed by atoms with E-state index in [9.17, 15) is 0 Å². The molecule has 2 N–H and O–H groups in total. The Morgan fingerprint density at radius 1 is 1.37 bits per heavy atom. The van der Waals surface area contributed by atoms with Crippen LogP contribution in [0, 0.1) is 0 Å². The van der Waals surface area contributed by atoms with Gasteiger partial charge in [0, 0.05) is 4.47 Å². The Morgan fingerprint density at radius 2 is 2.11 bits per heavy atom. The van der Waals surface area contributed by atoms with Crippen LogP contribution in [-0.4, -0.2) is 18.0 Å². The molecule has 3 nitrogen and oxygen atoms in total. The molecule has 1 atom stereocenters. The van der Waals surface area contributed by atoms with Crippen molar-refractivity contribution in [3.05, 3.63) is 28.7 Å². The lowest BCUT2D eigenvalue weighted by Crippen LogP contribution is -2.51. The lowest BCUT2D eigenvalue weighted by molar-refractivity contribution is 0.394. The van der Waals surface area contributed by atoms with E-state index in [1.807, 2.05) is 12.1 Å². The summed E-state index contributed by atoms with van der Waals surface area (Å²) in [5, 5.41) is 0. The minimum atomic E-state index is 0.0456. The average Bonchev–Trinajstić information content (AvgIpc) is 2.75. The molecule has 0 saturated carbocycles. The van der Waals surface area contributed by atoms with Crippen molar-refractivity contribution in [2.75, 3.05) is 11.4 Å². The number of unbranched alkanes of at least 4 members (excludes halogenated alkanes) is 1. The molecule has 1 unspecified atom stereocenters. The van der Waals surface area contributed by atoms with Gasteiger partial charge < -0.3 is 10.6 Å². The lowest BCUT2D eigenvalue weighted by atomic mass is 9.88. The molecule has 0 saturated heterocycles. The molecule has 0 aromatic heterocycles. The van der Waals surface area contributed by atoms with Crippen LogP contribution in [-0.2, 0) is 0 Å². The lowest BCUT2D eigenvalue weighted by Gasteiger charge is -2.39. The number of nitrogens with two attached hydrogens (primary N) is 1. The largest absolute Gasteiger partial charge is 0.369 e. The van der Waals surface area contributed by atoms with Gasteiger partial charge >= 0.3 is 0 Å². The molecule has 1 aromatic carbocycles. The number of halogens is 1. The van der Waals surface area contributed by atoms with Crippen LogP contribution in [0.5, 0.6) is 0 Å². The Bertz CT molecular complexity index is 472. The van der Waals surface area contributed by atoms with Crippen molar-refractivity contribution in [3.63, 3.8) is 0 Å². The predicted octanol–water partition coefficient (Wildman–Crippen LogP) is 3.92. The van der Waals surface area contributed by atoms with Gasteiger partial charge in [0.1, 0.15) is 0 Å². The van der Waals surface area contributed by atoms with Crippen LogP contribution in [0.4, 0.5) is 5.69 Å². The van der Waals surface area contributed by atoms with E-state index in [4.69, 9.17) is 5.73 Å². The van der Waals surface area contributed by atoms with Crippen molar-refractivity contribution >= 4 is 27.6 Å². The molecule has 0 aliphatic carbocycles. The van der Waals surface area contributed by atoms with Gasteiger partial charge in [-0.05, 0) is 40.9 Å². The molecule has 1 heterocycles. The van der Waals surface area contributed by atoms with Crippen molar-refractivity contribution in [1.29, 1.82) is 0 Å². The van der Waals surface area contributed by atoms with Gasteiger partial charge in [-0.2, -0.15) is 0 Å². The first kappa shape index (κ1) is 14.4. The quantitative estimate of drug-likeness (QED) is 0.892. The van der Waals surface area contributed by atoms with Crippen LogP contribution in [0.1, 0.15) is 39.5 Å². The normalized spacial score (nSPS) is 22.7. The molecule has 1 aliphatic heterocycles. The maximum atomic E-state index is 6.16. The first-order valence-electron chi connectivity index (χ1n) is 6.99. The van der Waals surface area contributed by atoms with E-state index in [1.54, 1.807) is 0 Å². The second kappa shape index (κ2) is 5.95. The summed E-state index contributed by atoms with van der Waals surface area (Å²) in [6.45, 7) is 5.26. The summed E-state index contributed by atoms with van der Waals surface area (Å²) in [5.74, 6) is 0.643. The Kier molecular flexibility index (Phi) is 4.50. The van der Waals surface area contributed by atoms with Crippen LogP contribution in [0.25, 0.3) is 0 Å². The molecule has 19 heavy (non-hydrogen) atoms. The standard InChI is InChI=1S/C15H22BrN3/c1-3-5-10-15(4-2)11-18-14(17)19(15)13-9-7-6-8-12(13)16/h6-9H,3-5,10-11H2,1-2H3,(H2,17,18). The van der Waals surface area contributed by atoms with E-state index >= 15 is 0 Å². The number of nitrogens with zero attached hydrogens (tertiary/aromatic N) is 2. The maximum Gasteiger partial charge on any atom is 0.196 e. The summed E-state index contributed by atoms with van der Waals surface area (Å²) in [4.78, 5) is 6.74. The minimum Gasteiger partial charge on any atom is -0.369 e. The third-order valence-electron chi connectivity index (χ3n) is 3.99. The smallest absolute Gasteiger partial charge is 0.196 e. The zero-order valence-corrected chi connectivity index (χ0v) is 13.3. The number of hydrogen-bond acceptors (Lipinski definition) is 3. The second-order valence-corrected chi connectivity index (χ2v) is 6.00. The van der Waals surface area contributed by atoms with Gasteiger partial charge in [-0.25, -0.2) is 0 Å². The minimum absolute atomic E-state index is 0.0456. The Labute approximate surface area is 124 Å². The first-order chi connectivity index (χ1) is 9.14. The SMILES string of the molecule is CCCCC1(CC)CN=C(N)N1c1ccccc1Br.